The largest absolute Gasteiger partial charge is 0.305 e. The van der Waals surface area contributed by atoms with Crippen molar-refractivity contribution >= 4 is 0 Å². The van der Waals surface area contributed by atoms with Crippen molar-refractivity contribution < 1.29 is 0 Å². The third-order valence-electron chi connectivity index (χ3n) is 2.38. The van der Waals surface area contributed by atoms with Crippen LogP contribution in [0.4, 0.5) is 0 Å². The zero-order valence-electron chi connectivity index (χ0n) is 4.70. The van der Waals surface area contributed by atoms with Gasteiger partial charge in [0.05, 0.1) is 0 Å². The van der Waals surface area contributed by atoms with E-state index in [2.05, 4.69) is 12.2 Å². The molecule has 0 bridgehead atoms. The highest BCUT2D eigenvalue weighted by atomic mass is 15.2. The van der Waals surface area contributed by atoms with E-state index < -0.39 is 0 Å². The number of hydrogen-bond acceptors (Lipinski definition) is 1. The van der Waals surface area contributed by atoms with Gasteiger partial charge in [-0.1, -0.05) is 0 Å². The van der Waals surface area contributed by atoms with Gasteiger partial charge in [0.1, 0.15) is 0 Å². The molecule has 2 aliphatic rings. The van der Waals surface area contributed by atoms with Gasteiger partial charge in [-0.2, -0.15) is 0 Å². The minimum absolute atomic E-state index is 0.611. The van der Waals surface area contributed by atoms with E-state index in [1.807, 2.05) is 0 Å². The lowest BCUT2D eigenvalue weighted by molar-refractivity contribution is 0.641. The summed E-state index contributed by atoms with van der Waals surface area (Å²) in [7, 11) is 0. The van der Waals surface area contributed by atoms with Crippen LogP contribution in [-0.4, -0.2) is 11.6 Å². The second-order valence-electron chi connectivity index (χ2n) is 3.01. The Morgan fingerprint density at radius 2 is 2.57 bits per heavy atom. The fraction of sp³-hybridized carbons (Fsp3) is 1.00. The summed E-state index contributed by atoms with van der Waals surface area (Å²) in [5.74, 6) is 0. The van der Waals surface area contributed by atoms with E-state index in [1.165, 1.54) is 19.3 Å². The molecule has 0 unspecified atom stereocenters. The third kappa shape index (κ3) is 0.367. The summed E-state index contributed by atoms with van der Waals surface area (Å²) in [4.78, 5) is 0. The Hall–Kier alpha value is -0.0400. The molecular weight excluding hydrogens is 86.1 g/mol. The fourth-order valence-electron chi connectivity index (χ4n) is 1.67. The standard InChI is InChI=1S/C6H11N/c1-6-4-2-3-5(6)7-6/h5,7H,2-4H2,1H3/t5-,6+/m0/s1. The number of hydrogen-bond donors (Lipinski definition) is 1. The molecule has 2 fully saturated rings. The molecule has 1 aliphatic heterocycles. The average molecular weight is 97.2 g/mol. The summed E-state index contributed by atoms with van der Waals surface area (Å²) in [5, 5.41) is 3.44. The maximum absolute atomic E-state index is 3.44. The molecule has 1 N–H and O–H groups in total. The van der Waals surface area contributed by atoms with Crippen LogP contribution in [0.3, 0.4) is 0 Å². The Kier molecular flexibility index (Phi) is 0.487. The van der Waals surface area contributed by atoms with Crippen LogP contribution < -0.4 is 5.32 Å². The second kappa shape index (κ2) is 0.873. The molecule has 7 heavy (non-hydrogen) atoms. The number of nitrogens with one attached hydrogen (secondary N) is 1. The monoisotopic (exact) mass is 97.1 g/mol. The summed E-state index contributed by atoms with van der Waals surface area (Å²) in [5.41, 5.74) is 0.611. The normalized spacial score (nSPS) is 57.0. The topological polar surface area (TPSA) is 21.9 Å². The van der Waals surface area contributed by atoms with Crippen LogP contribution in [0.2, 0.25) is 0 Å². The molecule has 1 nitrogen and oxygen atoms in total. The molecule has 40 valence electrons. The molecule has 1 aliphatic carbocycles. The third-order valence-corrected chi connectivity index (χ3v) is 2.38. The zero-order valence-corrected chi connectivity index (χ0v) is 4.70. The smallest absolute Gasteiger partial charge is 0.0310 e. The minimum atomic E-state index is 0.611. The summed E-state index contributed by atoms with van der Waals surface area (Å²) >= 11 is 0. The molecule has 0 aromatic rings. The highest BCUT2D eigenvalue weighted by Crippen LogP contribution is 2.41. The van der Waals surface area contributed by atoms with Gasteiger partial charge in [0.2, 0.25) is 0 Å². The van der Waals surface area contributed by atoms with Gasteiger partial charge < -0.3 is 5.32 Å². The Balaban J connectivity index is 2.17. The van der Waals surface area contributed by atoms with E-state index in [4.69, 9.17) is 0 Å². The molecule has 0 aromatic heterocycles. The SMILES string of the molecule is C[C@@]12CCC[C@@H]1N2. The molecule has 0 radical (unpaired) electrons. The molecule has 1 saturated heterocycles. The highest BCUT2D eigenvalue weighted by molar-refractivity contribution is 5.14. The molecule has 1 saturated carbocycles. The Bertz CT molecular complexity index is 98.4. The van der Waals surface area contributed by atoms with E-state index >= 15 is 0 Å². The van der Waals surface area contributed by atoms with Crippen LogP contribution in [-0.2, 0) is 0 Å². The first-order valence-corrected chi connectivity index (χ1v) is 3.09. The van der Waals surface area contributed by atoms with Gasteiger partial charge in [-0.15, -0.1) is 0 Å². The Morgan fingerprint density at radius 1 is 1.71 bits per heavy atom. The molecule has 0 spiro atoms. The molecular formula is C6H11N. The van der Waals surface area contributed by atoms with E-state index in [9.17, 15) is 0 Å². The van der Waals surface area contributed by atoms with Crippen molar-refractivity contribution in [3.63, 3.8) is 0 Å². The van der Waals surface area contributed by atoms with Crippen LogP contribution in [0.15, 0.2) is 0 Å². The van der Waals surface area contributed by atoms with Gasteiger partial charge in [0.15, 0.2) is 0 Å². The first-order valence-electron chi connectivity index (χ1n) is 3.09. The maximum Gasteiger partial charge on any atom is 0.0310 e. The van der Waals surface area contributed by atoms with Crippen molar-refractivity contribution in [2.24, 2.45) is 0 Å². The zero-order chi connectivity index (χ0) is 4.91. The first-order chi connectivity index (χ1) is 3.31. The summed E-state index contributed by atoms with van der Waals surface area (Å²) in [6.07, 6.45) is 4.29. The molecule has 0 aromatic carbocycles. The van der Waals surface area contributed by atoms with Gasteiger partial charge in [-0.3, -0.25) is 0 Å². The summed E-state index contributed by atoms with van der Waals surface area (Å²) in [6, 6.07) is 0.910. The van der Waals surface area contributed by atoms with Crippen molar-refractivity contribution in [1.29, 1.82) is 0 Å². The Morgan fingerprint density at radius 3 is 2.71 bits per heavy atom. The van der Waals surface area contributed by atoms with Crippen molar-refractivity contribution in [2.75, 3.05) is 0 Å². The van der Waals surface area contributed by atoms with Gasteiger partial charge in [0.25, 0.3) is 0 Å². The molecule has 1 heterocycles. The molecule has 2 rings (SSSR count). The van der Waals surface area contributed by atoms with Crippen LogP contribution in [0.5, 0.6) is 0 Å². The van der Waals surface area contributed by atoms with Gasteiger partial charge in [-0.05, 0) is 26.2 Å². The van der Waals surface area contributed by atoms with Gasteiger partial charge in [-0.25, -0.2) is 0 Å². The molecule has 0 amide bonds. The van der Waals surface area contributed by atoms with E-state index in [1.54, 1.807) is 0 Å². The van der Waals surface area contributed by atoms with Crippen molar-refractivity contribution in [1.82, 2.24) is 5.32 Å². The van der Waals surface area contributed by atoms with Crippen LogP contribution in [0.25, 0.3) is 0 Å². The first kappa shape index (κ1) is 3.90. The van der Waals surface area contributed by atoms with Crippen LogP contribution >= 0.6 is 0 Å². The number of rotatable bonds is 0. The number of fused-ring (bicyclic) bond motifs is 1. The van der Waals surface area contributed by atoms with Crippen molar-refractivity contribution in [3.05, 3.63) is 0 Å². The lowest BCUT2D eigenvalue weighted by Crippen LogP contribution is -2.05. The van der Waals surface area contributed by atoms with Crippen LogP contribution in [0, 0.1) is 0 Å². The average Bonchev–Trinajstić information content (AvgIpc) is 2.09. The van der Waals surface area contributed by atoms with E-state index in [0.717, 1.165) is 6.04 Å². The van der Waals surface area contributed by atoms with E-state index in [-0.39, 0.29) is 0 Å². The van der Waals surface area contributed by atoms with Gasteiger partial charge in [0, 0.05) is 11.6 Å². The summed E-state index contributed by atoms with van der Waals surface area (Å²) in [6.45, 7) is 2.32. The predicted molar refractivity (Wildman–Crippen MR) is 29.2 cm³/mol. The predicted octanol–water partition coefficient (Wildman–Crippen LogP) is 0.901. The number of piperidine rings is 1. The summed E-state index contributed by atoms with van der Waals surface area (Å²) < 4.78 is 0. The lowest BCUT2D eigenvalue weighted by Gasteiger charge is -1.95. The van der Waals surface area contributed by atoms with E-state index in [0.29, 0.717) is 5.54 Å². The van der Waals surface area contributed by atoms with Gasteiger partial charge >= 0.3 is 0 Å². The molecule has 2 atom stereocenters. The quantitative estimate of drug-likeness (QED) is 0.446. The maximum atomic E-state index is 3.44. The van der Waals surface area contributed by atoms with Crippen molar-refractivity contribution in [2.45, 2.75) is 37.8 Å². The minimum Gasteiger partial charge on any atom is -0.305 e. The second-order valence-corrected chi connectivity index (χ2v) is 3.01. The highest BCUT2D eigenvalue weighted by Gasteiger charge is 2.52. The molecule has 1 heteroatoms. The fourth-order valence-corrected chi connectivity index (χ4v) is 1.67. The van der Waals surface area contributed by atoms with Crippen LogP contribution in [0.1, 0.15) is 26.2 Å². The van der Waals surface area contributed by atoms with Crippen molar-refractivity contribution in [3.8, 4) is 0 Å². The lowest BCUT2D eigenvalue weighted by atomic mass is 10.1. The Labute approximate surface area is 44.1 Å².